The number of ether oxygens (including phenoxy) is 1. The number of hydrogen-bond donors (Lipinski definition) is 1. The minimum Gasteiger partial charge on any atom is -0.497 e. The van der Waals surface area contributed by atoms with Gasteiger partial charge in [-0.05, 0) is 55.3 Å². The quantitative estimate of drug-likeness (QED) is 0.512. The van der Waals surface area contributed by atoms with E-state index in [0.717, 1.165) is 64.4 Å². The van der Waals surface area contributed by atoms with Crippen LogP contribution in [0, 0.1) is 0 Å². The maximum Gasteiger partial charge on any atom is 0.253 e. The molecule has 0 aliphatic carbocycles. The number of piperazine rings is 2. The fourth-order valence-electron chi connectivity index (χ4n) is 5.37. The van der Waals surface area contributed by atoms with Gasteiger partial charge < -0.3 is 19.5 Å². The fourth-order valence-corrected chi connectivity index (χ4v) is 5.37. The SMILES string of the molecule is COc1ccc(C(=O)N2CCN(CC(=O)N3CCN(CCCc4c[nH]c5ccccc45)CC3)CC2)cc1. The molecule has 1 N–H and O–H groups in total. The second-order valence-corrected chi connectivity index (χ2v) is 9.98. The Hall–Kier alpha value is -3.36. The van der Waals surface area contributed by atoms with Crippen molar-refractivity contribution in [1.29, 1.82) is 0 Å². The number of carbonyl (C=O) groups is 2. The van der Waals surface area contributed by atoms with Gasteiger partial charge in [0.2, 0.25) is 5.91 Å². The van der Waals surface area contributed by atoms with E-state index in [0.29, 0.717) is 25.2 Å². The first-order valence-corrected chi connectivity index (χ1v) is 13.3. The molecule has 0 bridgehead atoms. The molecule has 196 valence electrons. The molecule has 0 saturated carbocycles. The van der Waals surface area contributed by atoms with Crippen molar-refractivity contribution >= 4 is 22.7 Å². The number of carbonyl (C=O) groups excluding carboxylic acids is 2. The second-order valence-electron chi connectivity index (χ2n) is 9.98. The number of H-pyrrole nitrogens is 1. The van der Waals surface area contributed by atoms with Crippen molar-refractivity contribution in [2.45, 2.75) is 12.8 Å². The first kappa shape index (κ1) is 25.3. The van der Waals surface area contributed by atoms with Crippen LogP contribution in [0.25, 0.3) is 10.9 Å². The molecule has 8 heteroatoms. The third kappa shape index (κ3) is 6.14. The minimum atomic E-state index is 0.0365. The second kappa shape index (κ2) is 11.8. The Bertz CT molecular complexity index is 1190. The van der Waals surface area contributed by atoms with Crippen LogP contribution in [-0.2, 0) is 11.2 Å². The summed E-state index contributed by atoms with van der Waals surface area (Å²) in [6.45, 7) is 7.68. The number of aryl methyl sites for hydroxylation is 1. The summed E-state index contributed by atoms with van der Waals surface area (Å²) in [4.78, 5) is 37.6. The number of rotatable bonds is 8. The summed E-state index contributed by atoms with van der Waals surface area (Å²) in [6.07, 6.45) is 4.32. The number of aromatic amines is 1. The summed E-state index contributed by atoms with van der Waals surface area (Å²) in [6, 6.07) is 15.7. The Labute approximate surface area is 218 Å². The number of nitrogens with one attached hydrogen (secondary N) is 1. The summed E-state index contributed by atoms with van der Waals surface area (Å²) < 4.78 is 5.17. The molecule has 0 unspecified atom stereocenters. The molecule has 2 aliphatic rings. The Morgan fingerprint density at radius 2 is 1.51 bits per heavy atom. The van der Waals surface area contributed by atoms with Crippen LogP contribution in [0.15, 0.2) is 54.7 Å². The molecule has 2 saturated heterocycles. The van der Waals surface area contributed by atoms with Gasteiger partial charge in [-0.3, -0.25) is 19.4 Å². The highest BCUT2D eigenvalue weighted by Gasteiger charge is 2.26. The van der Waals surface area contributed by atoms with Crippen LogP contribution in [0.5, 0.6) is 5.75 Å². The van der Waals surface area contributed by atoms with Crippen LogP contribution in [0.4, 0.5) is 0 Å². The molecule has 8 nitrogen and oxygen atoms in total. The first-order chi connectivity index (χ1) is 18.1. The molecule has 1 aromatic heterocycles. The minimum absolute atomic E-state index is 0.0365. The van der Waals surface area contributed by atoms with E-state index in [-0.39, 0.29) is 11.8 Å². The maximum absolute atomic E-state index is 12.9. The van der Waals surface area contributed by atoms with E-state index in [1.807, 2.05) is 21.9 Å². The van der Waals surface area contributed by atoms with Crippen molar-refractivity contribution < 1.29 is 14.3 Å². The summed E-state index contributed by atoms with van der Waals surface area (Å²) in [5, 5.41) is 1.32. The van der Waals surface area contributed by atoms with Crippen molar-refractivity contribution in [1.82, 2.24) is 24.6 Å². The van der Waals surface area contributed by atoms with Crippen LogP contribution in [-0.4, -0.2) is 109 Å². The molecule has 0 spiro atoms. The van der Waals surface area contributed by atoms with Crippen molar-refractivity contribution in [3.05, 3.63) is 65.9 Å². The molecule has 37 heavy (non-hydrogen) atoms. The number of fused-ring (bicyclic) bond motifs is 1. The average molecular weight is 504 g/mol. The summed E-state index contributed by atoms with van der Waals surface area (Å²) in [5.74, 6) is 0.981. The van der Waals surface area contributed by atoms with Crippen molar-refractivity contribution in [3.8, 4) is 5.75 Å². The predicted octanol–water partition coefficient (Wildman–Crippen LogP) is 2.71. The van der Waals surface area contributed by atoms with Gasteiger partial charge in [0.1, 0.15) is 5.75 Å². The molecular weight excluding hydrogens is 466 g/mol. The third-order valence-electron chi connectivity index (χ3n) is 7.68. The fraction of sp³-hybridized carbons (Fsp3) is 0.448. The average Bonchev–Trinajstić information content (AvgIpc) is 3.36. The zero-order valence-electron chi connectivity index (χ0n) is 21.7. The van der Waals surface area contributed by atoms with E-state index < -0.39 is 0 Å². The Kier molecular flexibility index (Phi) is 8.06. The van der Waals surface area contributed by atoms with Gasteiger partial charge in [0.25, 0.3) is 5.91 Å². The van der Waals surface area contributed by atoms with Crippen LogP contribution < -0.4 is 4.74 Å². The smallest absolute Gasteiger partial charge is 0.253 e. The van der Waals surface area contributed by atoms with Gasteiger partial charge in [-0.1, -0.05) is 18.2 Å². The lowest BCUT2D eigenvalue weighted by Gasteiger charge is -2.38. The topological polar surface area (TPSA) is 72.1 Å². The van der Waals surface area contributed by atoms with Crippen LogP contribution >= 0.6 is 0 Å². The Balaban J connectivity index is 1.000. The zero-order chi connectivity index (χ0) is 25.6. The summed E-state index contributed by atoms with van der Waals surface area (Å²) in [5.41, 5.74) is 3.26. The monoisotopic (exact) mass is 503 g/mol. The predicted molar refractivity (Wildman–Crippen MR) is 145 cm³/mol. The number of methoxy groups -OCH3 is 1. The molecule has 3 aromatic rings. The molecule has 0 atom stereocenters. The van der Waals surface area contributed by atoms with Gasteiger partial charge in [-0.2, -0.15) is 0 Å². The molecule has 3 heterocycles. The van der Waals surface area contributed by atoms with Crippen molar-refractivity contribution in [2.75, 3.05) is 72.6 Å². The van der Waals surface area contributed by atoms with Gasteiger partial charge in [0, 0.05) is 75.0 Å². The number of hydrogen-bond acceptors (Lipinski definition) is 5. The molecule has 5 rings (SSSR count). The Morgan fingerprint density at radius 1 is 0.838 bits per heavy atom. The lowest BCUT2D eigenvalue weighted by molar-refractivity contribution is -0.134. The summed E-state index contributed by atoms with van der Waals surface area (Å²) >= 11 is 0. The molecule has 2 aromatic carbocycles. The zero-order valence-corrected chi connectivity index (χ0v) is 21.7. The van der Waals surface area contributed by atoms with Crippen LogP contribution in [0.3, 0.4) is 0 Å². The van der Waals surface area contributed by atoms with E-state index >= 15 is 0 Å². The molecule has 0 radical (unpaired) electrons. The normalized spacial score (nSPS) is 17.3. The van der Waals surface area contributed by atoms with Gasteiger partial charge in [-0.15, -0.1) is 0 Å². The molecule has 2 amide bonds. The number of benzene rings is 2. The van der Waals surface area contributed by atoms with Crippen LogP contribution in [0.1, 0.15) is 22.3 Å². The van der Waals surface area contributed by atoms with E-state index in [2.05, 4.69) is 45.2 Å². The van der Waals surface area contributed by atoms with Crippen molar-refractivity contribution in [2.24, 2.45) is 0 Å². The van der Waals surface area contributed by atoms with E-state index in [4.69, 9.17) is 4.74 Å². The highest BCUT2D eigenvalue weighted by Crippen LogP contribution is 2.19. The highest BCUT2D eigenvalue weighted by atomic mass is 16.5. The number of para-hydroxylation sites is 1. The molecule has 2 fully saturated rings. The van der Waals surface area contributed by atoms with Gasteiger partial charge in [0.15, 0.2) is 0 Å². The largest absolute Gasteiger partial charge is 0.497 e. The molecular formula is C29H37N5O3. The van der Waals surface area contributed by atoms with E-state index in [9.17, 15) is 9.59 Å². The number of amides is 2. The maximum atomic E-state index is 12.9. The van der Waals surface area contributed by atoms with E-state index in [1.165, 1.54) is 16.5 Å². The number of nitrogens with zero attached hydrogens (tertiary/aromatic N) is 4. The summed E-state index contributed by atoms with van der Waals surface area (Å²) in [7, 11) is 1.62. The number of aromatic nitrogens is 1. The Morgan fingerprint density at radius 3 is 2.24 bits per heavy atom. The van der Waals surface area contributed by atoms with Gasteiger partial charge in [0.05, 0.1) is 13.7 Å². The lowest BCUT2D eigenvalue weighted by atomic mass is 10.1. The lowest BCUT2D eigenvalue weighted by Crippen LogP contribution is -2.54. The van der Waals surface area contributed by atoms with E-state index in [1.54, 1.807) is 19.2 Å². The first-order valence-electron chi connectivity index (χ1n) is 13.3. The highest BCUT2D eigenvalue weighted by molar-refractivity contribution is 5.94. The van der Waals surface area contributed by atoms with Crippen molar-refractivity contribution in [3.63, 3.8) is 0 Å². The standard InChI is InChI=1S/C29H37N5O3/c1-37-25-10-8-23(9-11-25)29(36)34-19-15-32(16-20-34)22-28(35)33-17-13-31(14-18-33)12-4-5-24-21-30-27-7-3-2-6-26(24)27/h2-3,6-11,21,30H,4-5,12-20,22H2,1H3. The molecule has 2 aliphatic heterocycles. The van der Waals surface area contributed by atoms with Gasteiger partial charge in [-0.25, -0.2) is 0 Å². The third-order valence-corrected chi connectivity index (χ3v) is 7.68. The van der Waals surface area contributed by atoms with Gasteiger partial charge >= 0.3 is 0 Å². The van der Waals surface area contributed by atoms with Crippen LogP contribution in [0.2, 0.25) is 0 Å².